The lowest BCUT2D eigenvalue weighted by Gasteiger charge is -2.43. The van der Waals surface area contributed by atoms with Crippen LogP contribution in [0.15, 0.2) is 24.3 Å². The van der Waals surface area contributed by atoms with Crippen molar-refractivity contribution in [1.29, 1.82) is 0 Å². The molecule has 142 valence electrons. The van der Waals surface area contributed by atoms with Crippen molar-refractivity contribution >= 4 is 11.8 Å². The van der Waals surface area contributed by atoms with Crippen LogP contribution in [0.25, 0.3) is 0 Å². The number of amides is 2. The van der Waals surface area contributed by atoms with Crippen LogP contribution < -0.4 is 5.32 Å². The minimum Gasteiger partial charge on any atom is -0.354 e. The number of nitrogens with zero attached hydrogens (tertiary/aromatic N) is 1. The van der Waals surface area contributed by atoms with E-state index < -0.39 is 17.6 Å². The van der Waals surface area contributed by atoms with Crippen molar-refractivity contribution < 1.29 is 18.7 Å². The third kappa shape index (κ3) is 3.61. The number of carbonyl (C=O) groups is 2. The molecule has 2 aliphatic rings. The summed E-state index contributed by atoms with van der Waals surface area (Å²) in [6, 6.07) is 4.83. The summed E-state index contributed by atoms with van der Waals surface area (Å²) >= 11 is 0. The molecule has 1 N–H and O–H groups in total. The van der Waals surface area contributed by atoms with Crippen molar-refractivity contribution in [2.75, 3.05) is 13.2 Å². The Morgan fingerprint density at radius 3 is 2.54 bits per heavy atom. The fraction of sp³-hybridized carbons (Fsp3) is 0.600. The lowest BCUT2D eigenvalue weighted by molar-refractivity contribution is -0.127. The molecule has 1 atom stereocenters. The largest absolute Gasteiger partial charge is 0.354 e. The number of benzene rings is 1. The van der Waals surface area contributed by atoms with Gasteiger partial charge in [0.15, 0.2) is 0 Å². The average Bonchev–Trinajstić information content (AvgIpc) is 3.01. The maximum atomic E-state index is 13.2. The first kappa shape index (κ1) is 18.8. The first-order chi connectivity index (χ1) is 12.5. The summed E-state index contributed by atoms with van der Waals surface area (Å²) in [6.45, 7) is 4.95. The van der Waals surface area contributed by atoms with E-state index in [1.807, 2.05) is 6.92 Å². The van der Waals surface area contributed by atoms with Gasteiger partial charge in [-0.2, -0.15) is 0 Å². The molecule has 3 rings (SSSR count). The molecule has 1 aliphatic carbocycles. The predicted octanol–water partition coefficient (Wildman–Crippen LogP) is 3.10. The Morgan fingerprint density at radius 1 is 1.27 bits per heavy atom. The molecule has 1 saturated heterocycles. The zero-order valence-corrected chi connectivity index (χ0v) is 15.5. The Hall–Kier alpha value is -1.95. The zero-order chi connectivity index (χ0) is 18.7. The van der Waals surface area contributed by atoms with Gasteiger partial charge in [0.05, 0.1) is 6.61 Å². The molecule has 0 unspecified atom stereocenters. The summed E-state index contributed by atoms with van der Waals surface area (Å²) in [5, 5.41) is 2.88. The molecule has 5 nitrogen and oxygen atoms in total. The zero-order valence-electron chi connectivity index (χ0n) is 15.5. The molecular weight excluding hydrogens is 335 g/mol. The molecule has 1 spiro atoms. The molecule has 0 aromatic heterocycles. The van der Waals surface area contributed by atoms with Gasteiger partial charge >= 0.3 is 0 Å². The number of ether oxygens (including phenoxy) is 1. The summed E-state index contributed by atoms with van der Waals surface area (Å²) in [5.74, 6) is -0.260. The third-order valence-corrected chi connectivity index (χ3v) is 5.48. The van der Waals surface area contributed by atoms with Crippen molar-refractivity contribution in [3.8, 4) is 0 Å². The molecule has 2 amide bonds. The van der Waals surface area contributed by atoms with E-state index >= 15 is 0 Å². The monoisotopic (exact) mass is 362 g/mol. The van der Waals surface area contributed by atoms with Gasteiger partial charge in [-0.15, -0.1) is 0 Å². The number of hydrogen-bond donors (Lipinski definition) is 1. The number of nitrogens with one attached hydrogen (secondary N) is 1. The van der Waals surface area contributed by atoms with E-state index in [1.54, 1.807) is 4.90 Å². The summed E-state index contributed by atoms with van der Waals surface area (Å²) in [7, 11) is 0. The van der Waals surface area contributed by atoms with Crippen molar-refractivity contribution in [2.24, 2.45) is 5.92 Å². The number of rotatable bonds is 4. The maximum absolute atomic E-state index is 13.2. The van der Waals surface area contributed by atoms with Gasteiger partial charge in [0, 0.05) is 12.1 Å². The standard InChI is InChI=1S/C20H27FN2O3/c1-3-12-22-18(24)17-13-26-20(10-8-14(2)9-11-20)23(17)19(25)15-4-6-16(21)7-5-15/h4-7,14,17H,3,8-13H2,1-2H3,(H,22,24)/t14?,17-,20?/m1/s1. The molecule has 1 aliphatic heterocycles. The molecular formula is C20H27FN2O3. The minimum atomic E-state index is -0.730. The topological polar surface area (TPSA) is 58.6 Å². The van der Waals surface area contributed by atoms with Crippen LogP contribution in [0.2, 0.25) is 0 Å². The summed E-state index contributed by atoms with van der Waals surface area (Å²) in [5.41, 5.74) is -0.352. The van der Waals surface area contributed by atoms with E-state index in [4.69, 9.17) is 4.74 Å². The normalized spacial score (nSPS) is 28.3. The molecule has 2 fully saturated rings. The second-order valence-corrected chi connectivity index (χ2v) is 7.43. The minimum absolute atomic E-state index is 0.183. The van der Waals surface area contributed by atoms with Gasteiger partial charge in [-0.05, 0) is 62.3 Å². The van der Waals surface area contributed by atoms with Gasteiger partial charge in [0.1, 0.15) is 17.6 Å². The van der Waals surface area contributed by atoms with Crippen molar-refractivity contribution in [2.45, 2.75) is 57.7 Å². The summed E-state index contributed by atoms with van der Waals surface area (Å²) in [6.07, 6.45) is 4.18. The lowest BCUT2D eigenvalue weighted by Crippen LogP contribution is -2.56. The fourth-order valence-electron chi connectivity index (χ4n) is 3.88. The van der Waals surface area contributed by atoms with Crippen LogP contribution in [0.5, 0.6) is 0 Å². The molecule has 1 heterocycles. The van der Waals surface area contributed by atoms with E-state index in [9.17, 15) is 14.0 Å². The second-order valence-electron chi connectivity index (χ2n) is 7.43. The van der Waals surface area contributed by atoms with Crippen molar-refractivity contribution in [1.82, 2.24) is 10.2 Å². The predicted molar refractivity (Wildman–Crippen MR) is 96.0 cm³/mol. The van der Waals surface area contributed by atoms with Crippen LogP contribution in [-0.2, 0) is 9.53 Å². The lowest BCUT2D eigenvalue weighted by atomic mass is 9.83. The van der Waals surface area contributed by atoms with Gasteiger partial charge in [0.25, 0.3) is 5.91 Å². The first-order valence-corrected chi connectivity index (χ1v) is 9.48. The van der Waals surface area contributed by atoms with Gasteiger partial charge in [-0.1, -0.05) is 13.8 Å². The highest BCUT2D eigenvalue weighted by atomic mass is 19.1. The Labute approximate surface area is 153 Å². The molecule has 1 saturated carbocycles. The molecule has 1 aromatic rings. The van der Waals surface area contributed by atoms with E-state index in [0.29, 0.717) is 18.0 Å². The van der Waals surface area contributed by atoms with E-state index in [-0.39, 0.29) is 18.4 Å². The van der Waals surface area contributed by atoms with Gasteiger partial charge < -0.3 is 10.1 Å². The Morgan fingerprint density at radius 2 is 1.92 bits per heavy atom. The quantitative estimate of drug-likeness (QED) is 0.895. The van der Waals surface area contributed by atoms with Gasteiger partial charge in [0.2, 0.25) is 5.91 Å². The highest BCUT2D eigenvalue weighted by Crippen LogP contribution is 2.43. The summed E-state index contributed by atoms with van der Waals surface area (Å²) < 4.78 is 19.3. The van der Waals surface area contributed by atoms with Crippen LogP contribution >= 0.6 is 0 Å². The fourth-order valence-corrected chi connectivity index (χ4v) is 3.88. The van der Waals surface area contributed by atoms with E-state index in [1.165, 1.54) is 24.3 Å². The summed E-state index contributed by atoms with van der Waals surface area (Å²) in [4.78, 5) is 27.5. The van der Waals surface area contributed by atoms with Crippen LogP contribution in [0.1, 0.15) is 56.3 Å². The highest BCUT2D eigenvalue weighted by molar-refractivity contribution is 5.98. The van der Waals surface area contributed by atoms with Crippen LogP contribution in [0.3, 0.4) is 0 Å². The number of carbonyl (C=O) groups excluding carboxylic acids is 2. The van der Waals surface area contributed by atoms with E-state index in [0.717, 1.165) is 32.1 Å². The van der Waals surface area contributed by atoms with Crippen molar-refractivity contribution in [3.05, 3.63) is 35.6 Å². The maximum Gasteiger partial charge on any atom is 0.256 e. The Balaban J connectivity index is 1.90. The SMILES string of the molecule is CCCNC(=O)[C@H]1COC2(CCC(C)CC2)N1C(=O)c1ccc(F)cc1. The Bertz CT molecular complexity index is 654. The van der Waals surface area contributed by atoms with E-state index in [2.05, 4.69) is 12.2 Å². The van der Waals surface area contributed by atoms with Crippen LogP contribution in [-0.4, -0.2) is 41.6 Å². The van der Waals surface area contributed by atoms with Crippen molar-refractivity contribution in [3.63, 3.8) is 0 Å². The molecule has 6 heteroatoms. The number of halogens is 1. The van der Waals surface area contributed by atoms with Gasteiger partial charge in [-0.3, -0.25) is 14.5 Å². The molecule has 26 heavy (non-hydrogen) atoms. The Kier molecular flexibility index (Phi) is 5.61. The highest BCUT2D eigenvalue weighted by Gasteiger charge is 2.53. The van der Waals surface area contributed by atoms with Crippen LogP contribution in [0, 0.1) is 11.7 Å². The number of hydrogen-bond acceptors (Lipinski definition) is 3. The smallest absolute Gasteiger partial charge is 0.256 e. The molecule has 1 aromatic carbocycles. The first-order valence-electron chi connectivity index (χ1n) is 9.48. The molecule has 0 radical (unpaired) electrons. The van der Waals surface area contributed by atoms with Gasteiger partial charge in [-0.25, -0.2) is 4.39 Å². The third-order valence-electron chi connectivity index (χ3n) is 5.48. The average molecular weight is 362 g/mol. The second kappa shape index (κ2) is 7.74. The molecule has 0 bridgehead atoms. The van der Waals surface area contributed by atoms with Crippen LogP contribution in [0.4, 0.5) is 4.39 Å².